The van der Waals surface area contributed by atoms with Crippen LogP contribution in [0.15, 0.2) is 0 Å². The van der Waals surface area contributed by atoms with Crippen molar-refractivity contribution in [3.05, 3.63) is 0 Å². The fourth-order valence-corrected chi connectivity index (χ4v) is 2.47. The van der Waals surface area contributed by atoms with E-state index in [0.29, 0.717) is 0 Å². The topological polar surface area (TPSA) is 49.3 Å². The van der Waals surface area contributed by atoms with Crippen molar-refractivity contribution in [2.45, 2.75) is 50.1 Å². The van der Waals surface area contributed by atoms with E-state index in [1.165, 1.54) is 32.1 Å². The van der Waals surface area contributed by atoms with Gasteiger partial charge in [0.15, 0.2) is 0 Å². The molecule has 0 aromatic heterocycles. The first-order valence-corrected chi connectivity index (χ1v) is 4.72. The average Bonchev–Trinajstić information content (AvgIpc) is 2.01. The number of hydrogen-bond acceptors (Lipinski definition) is 2. The Morgan fingerprint density at radius 3 is 2.42 bits per heavy atom. The van der Waals surface area contributed by atoms with E-state index in [4.69, 9.17) is 5.11 Å². The van der Waals surface area contributed by atoms with Crippen molar-refractivity contribution in [3.63, 3.8) is 0 Å². The smallest absolute Gasteiger partial charge is 0.320 e. The highest BCUT2D eigenvalue weighted by Crippen LogP contribution is 2.38. The molecule has 1 atom stereocenters. The zero-order valence-electron chi connectivity index (χ0n) is 7.18. The number of nitrogens with one attached hydrogen (secondary N) is 1. The molecule has 1 saturated carbocycles. The zero-order chi connectivity index (χ0) is 8.60. The molecule has 3 heteroatoms. The van der Waals surface area contributed by atoms with Gasteiger partial charge in [0.05, 0.1) is 0 Å². The minimum Gasteiger partial charge on any atom is -0.480 e. The summed E-state index contributed by atoms with van der Waals surface area (Å²) in [6.07, 6.45) is 7.05. The summed E-state index contributed by atoms with van der Waals surface area (Å²) in [6.45, 7) is 0. The van der Waals surface area contributed by atoms with E-state index < -0.39 is 5.97 Å². The van der Waals surface area contributed by atoms with Gasteiger partial charge in [-0.25, -0.2) is 0 Å². The zero-order valence-corrected chi connectivity index (χ0v) is 7.18. The van der Waals surface area contributed by atoms with E-state index in [2.05, 4.69) is 5.32 Å². The van der Waals surface area contributed by atoms with Crippen LogP contribution in [0.4, 0.5) is 0 Å². The molecule has 0 amide bonds. The van der Waals surface area contributed by atoms with Crippen molar-refractivity contribution in [2.75, 3.05) is 0 Å². The Morgan fingerprint density at radius 2 is 1.92 bits per heavy atom. The molecule has 12 heavy (non-hydrogen) atoms. The van der Waals surface area contributed by atoms with Gasteiger partial charge in [0.25, 0.3) is 0 Å². The first-order valence-electron chi connectivity index (χ1n) is 4.72. The van der Waals surface area contributed by atoms with Crippen molar-refractivity contribution >= 4 is 5.97 Å². The Labute approximate surface area is 72.2 Å². The van der Waals surface area contributed by atoms with Gasteiger partial charge in [-0.15, -0.1) is 0 Å². The molecule has 2 aliphatic rings. The quantitative estimate of drug-likeness (QED) is 0.618. The predicted molar refractivity (Wildman–Crippen MR) is 45.0 cm³/mol. The van der Waals surface area contributed by atoms with Crippen LogP contribution in [0, 0.1) is 0 Å². The van der Waals surface area contributed by atoms with Gasteiger partial charge >= 0.3 is 5.97 Å². The lowest BCUT2D eigenvalue weighted by atomic mass is 9.71. The molecule has 2 fully saturated rings. The van der Waals surface area contributed by atoms with Crippen LogP contribution in [0.2, 0.25) is 0 Å². The summed E-state index contributed by atoms with van der Waals surface area (Å²) in [6, 6.07) is -0.261. The largest absolute Gasteiger partial charge is 0.480 e. The number of aliphatic carboxylic acids is 1. The van der Waals surface area contributed by atoms with Crippen LogP contribution in [0.1, 0.15) is 38.5 Å². The van der Waals surface area contributed by atoms with Crippen LogP contribution in [0.25, 0.3) is 0 Å². The molecule has 0 aromatic carbocycles. The Balaban J connectivity index is 1.88. The SMILES string of the molecule is O=C(O)C1CC2(CCCCC2)N1. The van der Waals surface area contributed by atoms with E-state index in [9.17, 15) is 4.79 Å². The minimum absolute atomic E-state index is 0.224. The normalized spacial score (nSPS) is 32.8. The fourth-order valence-electron chi connectivity index (χ4n) is 2.47. The predicted octanol–water partition coefficient (Wildman–Crippen LogP) is 1.14. The monoisotopic (exact) mass is 169 g/mol. The third-order valence-electron chi connectivity index (χ3n) is 3.18. The lowest BCUT2D eigenvalue weighted by Crippen LogP contribution is -2.66. The summed E-state index contributed by atoms with van der Waals surface area (Å²) in [7, 11) is 0. The lowest BCUT2D eigenvalue weighted by Gasteiger charge is -2.50. The highest BCUT2D eigenvalue weighted by molar-refractivity contribution is 5.75. The van der Waals surface area contributed by atoms with Crippen LogP contribution in [0.5, 0.6) is 0 Å². The van der Waals surface area contributed by atoms with E-state index in [1.807, 2.05) is 0 Å². The van der Waals surface area contributed by atoms with Crippen molar-refractivity contribution in [2.24, 2.45) is 0 Å². The number of carboxylic acid groups (broad SMARTS) is 1. The van der Waals surface area contributed by atoms with Gasteiger partial charge in [-0.3, -0.25) is 10.1 Å². The van der Waals surface area contributed by atoms with E-state index in [1.54, 1.807) is 0 Å². The summed E-state index contributed by atoms with van der Waals surface area (Å²) >= 11 is 0. The molecule has 0 bridgehead atoms. The Kier molecular flexibility index (Phi) is 1.83. The van der Waals surface area contributed by atoms with Crippen LogP contribution < -0.4 is 5.32 Å². The second-order valence-electron chi connectivity index (χ2n) is 4.08. The first kappa shape index (κ1) is 8.05. The van der Waals surface area contributed by atoms with E-state index in [0.717, 1.165) is 6.42 Å². The van der Waals surface area contributed by atoms with Gasteiger partial charge in [0, 0.05) is 5.54 Å². The second-order valence-corrected chi connectivity index (χ2v) is 4.08. The molecule has 0 radical (unpaired) electrons. The first-order chi connectivity index (χ1) is 5.72. The molecule has 1 spiro atoms. The average molecular weight is 169 g/mol. The summed E-state index contributed by atoms with van der Waals surface area (Å²) in [5.74, 6) is -0.689. The summed E-state index contributed by atoms with van der Waals surface area (Å²) in [4.78, 5) is 10.5. The highest BCUT2D eigenvalue weighted by atomic mass is 16.4. The van der Waals surface area contributed by atoms with Crippen molar-refractivity contribution in [3.8, 4) is 0 Å². The van der Waals surface area contributed by atoms with E-state index >= 15 is 0 Å². The summed E-state index contributed by atoms with van der Waals surface area (Å²) < 4.78 is 0. The molecular weight excluding hydrogens is 154 g/mol. The fraction of sp³-hybridized carbons (Fsp3) is 0.889. The number of rotatable bonds is 1. The molecular formula is C9H15NO2. The Hall–Kier alpha value is -0.570. The van der Waals surface area contributed by atoms with Gasteiger partial charge in [0.1, 0.15) is 6.04 Å². The van der Waals surface area contributed by atoms with Crippen LogP contribution in [-0.2, 0) is 4.79 Å². The number of hydrogen-bond donors (Lipinski definition) is 2. The highest BCUT2D eigenvalue weighted by Gasteiger charge is 2.46. The lowest BCUT2D eigenvalue weighted by molar-refractivity contribution is -0.145. The maximum Gasteiger partial charge on any atom is 0.320 e. The molecule has 3 nitrogen and oxygen atoms in total. The molecule has 0 aromatic rings. The third kappa shape index (κ3) is 1.22. The van der Waals surface area contributed by atoms with Crippen molar-refractivity contribution < 1.29 is 9.90 Å². The standard InChI is InChI=1S/C9H15NO2/c11-8(12)7-6-9(10-7)4-2-1-3-5-9/h7,10H,1-6H2,(H,11,12). The van der Waals surface area contributed by atoms with Crippen LogP contribution in [0.3, 0.4) is 0 Å². The molecule has 2 N–H and O–H groups in total. The molecule has 2 rings (SSSR count). The van der Waals surface area contributed by atoms with Gasteiger partial charge in [0.2, 0.25) is 0 Å². The maximum atomic E-state index is 10.5. The number of carboxylic acids is 1. The van der Waals surface area contributed by atoms with E-state index in [-0.39, 0.29) is 11.6 Å². The van der Waals surface area contributed by atoms with Gasteiger partial charge in [-0.05, 0) is 19.3 Å². The van der Waals surface area contributed by atoms with Gasteiger partial charge < -0.3 is 5.11 Å². The van der Waals surface area contributed by atoms with Crippen LogP contribution >= 0.6 is 0 Å². The molecule has 1 heterocycles. The maximum absolute atomic E-state index is 10.5. The van der Waals surface area contributed by atoms with Crippen molar-refractivity contribution in [1.29, 1.82) is 0 Å². The molecule has 1 unspecified atom stereocenters. The van der Waals surface area contributed by atoms with Gasteiger partial charge in [-0.1, -0.05) is 19.3 Å². The molecule has 1 aliphatic heterocycles. The van der Waals surface area contributed by atoms with Crippen LogP contribution in [-0.4, -0.2) is 22.7 Å². The number of carbonyl (C=O) groups is 1. The molecule has 68 valence electrons. The third-order valence-corrected chi connectivity index (χ3v) is 3.18. The van der Waals surface area contributed by atoms with Gasteiger partial charge in [-0.2, -0.15) is 0 Å². The minimum atomic E-state index is -0.689. The Bertz CT molecular complexity index is 189. The molecule has 1 saturated heterocycles. The Morgan fingerprint density at radius 1 is 1.33 bits per heavy atom. The van der Waals surface area contributed by atoms with Crippen molar-refractivity contribution in [1.82, 2.24) is 5.32 Å². The summed E-state index contributed by atoms with van der Waals surface area (Å²) in [5.41, 5.74) is 0.224. The summed E-state index contributed by atoms with van der Waals surface area (Å²) in [5, 5.41) is 11.9. The molecule has 1 aliphatic carbocycles. The second kappa shape index (κ2) is 2.73.